The molecule has 0 saturated heterocycles. The van der Waals surface area contributed by atoms with Crippen molar-refractivity contribution in [3.8, 4) is 5.69 Å². The molecule has 4 aromatic rings. The van der Waals surface area contributed by atoms with E-state index in [1.807, 2.05) is 17.1 Å². The highest BCUT2D eigenvalue weighted by Crippen LogP contribution is 2.40. The van der Waals surface area contributed by atoms with E-state index in [0.717, 1.165) is 28.8 Å². The summed E-state index contributed by atoms with van der Waals surface area (Å²) >= 11 is 3.58. The van der Waals surface area contributed by atoms with Crippen LogP contribution >= 0.6 is 23.1 Å². The van der Waals surface area contributed by atoms with Gasteiger partial charge in [-0.3, -0.25) is 0 Å². The lowest BCUT2D eigenvalue weighted by molar-refractivity contribution is 0.635. The topological polar surface area (TPSA) is 48.5 Å². The quantitative estimate of drug-likeness (QED) is 0.402. The predicted molar refractivity (Wildman–Crippen MR) is 113 cm³/mol. The second-order valence-corrected chi connectivity index (χ2v) is 9.10. The number of aryl methyl sites for hydroxylation is 1. The van der Waals surface area contributed by atoms with Gasteiger partial charge in [0.15, 0.2) is 5.16 Å². The standard InChI is InChI=1S/C21H21N5S2/c1-15-11-18(25-9-8-22-14-25)5-4-16(15)13-28-21-24-23-20(26(21)17-6-7-17)12-19-3-2-10-27-19/h2-5,8-11,14,17H,6-7,12-13H2,1H3. The van der Waals surface area contributed by atoms with Crippen LogP contribution in [0.3, 0.4) is 0 Å². The molecule has 3 aromatic heterocycles. The van der Waals surface area contributed by atoms with Gasteiger partial charge in [0, 0.05) is 41.2 Å². The molecular formula is C21H21N5S2. The average Bonchev–Trinajstić information content (AvgIpc) is 3.12. The smallest absolute Gasteiger partial charge is 0.191 e. The minimum Gasteiger partial charge on any atom is -0.306 e. The van der Waals surface area contributed by atoms with Crippen molar-refractivity contribution in [2.24, 2.45) is 0 Å². The van der Waals surface area contributed by atoms with Crippen LogP contribution in [0.4, 0.5) is 0 Å². The number of aromatic nitrogens is 5. The van der Waals surface area contributed by atoms with E-state index >= 15 is 0 Å². The lowest BCUT2D eigenvalue weighted by Gasteiger charge is -2.11. The van der Waals surface area contributed by atoms with Gasteiger partial charge in [0.2, 0.25) is 0 Å². The molecular weight excluding hydrogens is 386 g/mol. The first-order valence-electron chi connectivity index (χ1n) is 9.45. The molecule has 0 amide bonds. The van der Waals surface area contributed by atoms with E-state index in [1.54, 1.807) is 29.3 Å². The Hall–Kier alpha value is -2.38. The zero-order valence-electron chi connectivity index (χ0n) is 15.7. The van der Waals surface area contributed by atoms with E-state index < -0.39 is 0 Å². The summed E-state index contributed by atoms with van der Waals surface area (Å²) in [5.41, 5.74) is 3.76. The number of hydrogen-bond donors (Lipinski definition) is 0. The fourth-order valence-corrected chi connectivity index (χ4v) is 5.15. The minimum absolute atomic E-state index is 0.581. The monoisotopic (exact) mass is 407 g/mol. The Balaban J connectivity index is 1.33. The third-order valence-corrected chi connectivity index (χ3v) is 6.91. The van der Waals surface area contributed by atoms with E-state index in [9.17, 15) is 0 Å². The van der Waals surface area contributed by atoms with Gasteiger partial charge < -0.3 is 9.13 Å². The summed E-state index contributed by atoms with van der Waals surface area (Å²) in [6, 6.07) is 11.4. The molecule has 28 heavy (non-hydrogen) atoms. The highest BCUT2D eigenvalue weighted by atomic mass is 32.2. The molecule has 1 aromatic carbocycles. The summed E-state index contributed by atoms with van der Waals surface area (Å²) in [6.45, 7) is 2.17. The molecule has 0 N–H and O–H groups in total. The van der Waals surface area contributed by atoms with Crippen LogP contribution in [-0.4, -0.2) is 24.3 Å². The zero-order valence-corrected chi connectivity index (χ0v) is 17.3. The molecule has 0 aliphatic heterocycles. The van der Waals surface area contributed by atoms with Gasteiger partial charge in [-0.15, -0.1) is 21.5 Å². The predicted octanol–water partition coefficient (Wildman–Crippen LogP) is 5.05. The van der Waals surface area contributed by atoms with Crippen LogP contribution in [0.1, 0.15) is 40.7 Å². The van der Waals surface area contributed by atoms with Crippen LogP contribution in [-0.2, 0) is 12.2 Å². The molecule has 1 fully saturated rings. The first-order valence-corrected chi connectivity index (χ1v) is 11.3. The third-order valence-electron chi connectivity index (χ3n) is 5.05. The summed E-state index contributed by atoms with van der Waals surface area (Å²) in [4.78, 5) is 5.47. The number of rotatable bonds is 7. The van der Waals surface area contributed by atoms with Crippen molar-refractivity contribution >= 4 is 23.1 Å². The Morgan fingerprint density at radius 1 is 1.21 bits per heavy atom. The SMILES string of the molecule is Cc1cc(-n2ccnc2)ccc1CSc1nnc(Cc2cccs2)n1C1CC1. The maximum Gasteiger partial charge on any atom is 0.191 e. The Morgan fingerprint density at radius 2 is 2.14 bits per heavy atom. The summed E-state index contributed by atoms with van der Waals surface area (Å²) in [7, 11) is 0. The van der Waals surface area contributed by atoms with Crippen molar-refractivity contribution in [3.05, 3.63) is 76.3 Å². The highest BCUT2D eigenvalue weighted by Gasteiger charge is 2.29. The van der Waals surface area contributed by atoms with E-state index in [2.05, 4.69) is 62.4 Å². The molecule has 3 heterocycles. The Kier molecular flexibility index (Phi) is 4.78. The third kappa shape index (κ3) is 3.64. The Morgan fingerprint density at radius 3 is 2.86 bits per heavy atom. The number of nitrogens with zero attached hydrogens (tertiary/aromatic N) is 5. The molecule has 1 aliphatic carbocycles. The maximum absolute atomic E-state index is 4.53. The Bertz CT molecular complexity index is 1060. The van der Waals surface area contributed by atoms with Crippen molar-refractivity contribution < 1.29 is 0 Å². The fourth-order valence-electron chi connectivity index (χ4n) is 3.35. The number of thioether (sulfide) groups is 1. The molecule has 142 valence electrons. The normalized spacial score (nSPS) is 13.9. The molecule has 0 unspecified atom stereocenters. The second kappa shape index (κ2) is 7.56. The fraction of sp³-hybridized carbons (Fsp3) is 0.286. The van der Waals surface area contributed by atoms with Crippen molar-refractivity contribution in [1.29, 1.82) is 0 Å². The molecule has 0 radical (unpaired) electrons. The van der Waals surface area contributed by atoms with Gasteiger partial charge in [-0.05, 0) is 54.5 Å². The van der Waals surface area contributed by atoms with Crippen LogP contribution in [0.15, 0.2) is 59.6 Å². The van der Waals surface area contributed by atoms with Crippen molar-refractivity contribution in [2.75, 3.05) is 0 Å². The molecule has 7 heteroatoms. The van der Waals surface area contributed by atoms with Gasteiger partial charge in [-0.25, -0.2) is 4.98 Å². The van der Waals surface area contributed by atoms with E-state index in [-0.39, 0.29) is 0 Å². The average molecular weight is 408 g/mol. The molecule has 0 atom stereocenters. The van der Waals surface area contributed by atoms with Crippen LogP contribution < -0.4 is 0 Å². The van der Waals surface area contributed by atoms with Crippen molar-refractivity contribution in [1.82, 2.24) is 24.3 Å². The number of hydrogen-bond acceptors (Lipinski definition) is 5. The van der Waals surface area contributed by atoms with Crippen LogP contribution in [0, 0.1) is 6.92 Å². The summed E-state index contributed by atoms with van der Waals surface area (Å²) < 4.78 is 4.41. The summed E-state index contributed by atoms with van der Waals surface area (Å²) in [5, 5.41) is 12.2. The first kappa shape index (κ1) is 17.7. The largest absolute Gasteiger partial charge is 0.306 e. The number of thiophene rings is 1. The van der Waals surface area contributed by atoms with Gasteiger partial charge in [-0.1, -0.05) is 23.9 Å². The van der Waals surface area contributed by atoms with Gasteiger partial charge in [-0.2, -0.15) is 0 Å². The summed E-state index contributed by atoms with van der Waals surface area (Å²) in [5.74, 6) is 2.00. The molecule has 1 aliphatic rings. The minimum atomic E-state index is 0.581. The number of benzene rings is 1. The van der Waals surface area contributed by atoms with Gasteiger partial charge in [0.25, 0.3) is 0 Å². The summed E-state index contributed by atoms with van der Waals surface area (Å²) in [6.07, 6.45) is 8.95. The van der Waals surface area contributed by atoms with E-state index in [4.69, 9.17) is 0 Å². The number of imidazole rings is 1. The lowest BCUT2D eigenvalue weighted by Crippen LogP contribution is -2.03. The molecule has 0 bridgehead atoms. The van der Waals surface area contributed by atoms with Crippen LogP contribution in [0.25, 0.3) is 5.69 Å². The van der Waals surface area contributed by atoms with Gasteiger partial charge >= 0.3 is 0 Å². The lowest BCUT2D eigenvalue weighted by atomic mass is 10.1. The molecule has 5 rings (SSSR count). The van der Waals surface area contributed by atoms with Crippen molar-refractivity contribution in [3.63, 3.8) is 0 Å². The second-order valence-electron chi connectivity index (χ2n) is 7.13. The Labute approximate surface area is 172 Å². The highest BCUT2D eigenvalue weighted by molar-refractivity contribution is 7.98. The van der Waals surface area contributed by atoms with E-state index in [0.29, 0.717) is 6.04 Å². The molecule has 1 saturated carbocycles. The molecule has 5 nitrogen and oxygen atoms in total. The first-order chi connectivity index (χ1) is 13.8. The van der Waals surface area contributed by atoms with Crippen molar-refractivity contribution in [2.45, 2.75) is 43.1 Å². The van der Waals surface area contributed by atoms with Crippen LogP contribution in [0.2, 0.25) is 0 Å². The zero-order chi connectivity index (χ0) is 18.9. The van der Waals surface area contributed by atoms with Crippen LogP contribution in [0.5, 0.6) is 0 Å². The molecule has 0 spiro atoms. The maximum atomic E-state index is 4.53. The van der Waals surface area contributed by atoms with Gasteiger partial charge in [0.1, 0.15) is 5.82 Å². The van der Waals surface area contributed by atoms with E-state index in [1.165, 1.54) is 28.8 Å². The van der Waals surface area contributed by atoms with Gasteiger partial charge in [0.05, 0.1) is 6.33 Å².